The number of amides is 1. The number of rotatable bonds is 3. The Labute approximate surface area is 150 Å². The summed E-state index contributed by atoms with van der Waals surface area (Å²) in [5.41, 5.74) is 3.40. The van der Waals surface area contributed by atoms with Crippen LogP contribution in [0.25, 0.3) is 11.0 Å². The van der Waals surface area contributed by atoms with Crippen LogP contribution in [0.3, 0.4) is 0 Å². The minimum Gasteiger partial charge on any atom is -0.393 e. The fourth-order valence-electron chi connectivity index (χ4n) is 3.41. The van der Waals surface area contributed by atoms with Crippen molar-refractivity contribution in [1.29, 1.82) is 0 Å². The highest BCUT2D eigenvalue weighted by Crippen LogP contribution is 2.22. The Bertz CT molecular complexity index is 961. The number of carbonyl (C=O) groups is 1. The first-order chi connectivity index (χ1) is 12.6. The Morgan fingerprint density at radius 3 is 3.04 bits per heavy atom. The zero-order valence-corrected chi connectivity index (χ0v) is 14.5. The minimum absolute atomic E-state index is 0.0685. The molecule has 3 heterocycles. The molecule has 1 aromatic carbocycles. The Morgan fingerprint density at radius 1 is 1.38 bits per heavy atom. The molecule has 0 aliphatic carbocycles. The predicted molar refractivity (Wildman–Crippen MR) is 94.5 cm³/mol. The molecule has 3 aromatic rings. The van der Waals surface area contributed by atoms with Crippen LogP contribution in [0.5, 0.6) is 0 Å². The van der Waals surface area contributed by atoms with E-state index in [1.54, 1.807) is 21.7 Å². The minimum atomic E-state index is -1.00. The number of hydrogen-bond acceptors (Lipinski definition) is 5. The van der Waals surface area contributed by atoms with E-state index in [2.05, 4.69) is 15.1 Å². The largest absolute Gasteiger partial charge is 0.393 e. The normalized spacial score (nSPS) is 15.7. The van der Waals surface area contributed by atoms with Gasteiger partial charge in [0.2, 0.25) is 0 Å². The van der Waals surface area contributed by atoms with Crippen molar-refractivity contribution < 1.29 is 15.0 Å². The quantitative estimate of drug-likeness (QED) is 0.653. The highest BCUT2D eigenvalue weighted by Gasteiger charge is 2.24. The van der Waals surface area contributed by atoms with Crippen LogP contribution in [0.2, 0.25) is 0 Å². The molecule has 1 atom stereocenters. The third-order valence-corrected chi connectivity index (χ3v) is 4.70. The second-order valence-electron chi connectivity index (χ2n) is 6.59. The molecule has 8 nitrogen and oxygen atoms in total. The van der Waals surface area contributed by atoms with Crippen LogP contribution >= 0.6 is 0 Å². The number of aliphatic hydroxyl groups is 2. The number of aryl methyl sites for hydroxylation is 2. The molecule has 136 valence electrons. The summed E-state index contributed by atoms with van der Waals surface area (Å²) in [6.07, 6.45) is -0.232. The van der Waals surface area contributed by atoms with Crippen molar-refractivity contribution in [1.82, 2.24) is 24.6 Å². The molecular formula is C18H21N5O3. The number of aliphatic hydroxyl groups excluding tert-OH is 2. The second-order valence-corrected chi connectivity index (χ2v) is 6.59. The number of nitrogens with one attached hydrogen (secondary N) is 1. The van der Waals surface area contributed by atoms with E-state index in [0.29, 0.717) is 36.4 Å². The summed E-state index contributed by atoms with van der Waals surface area (Å²) in [5.74, 6) is 0.706. The zero-order chi connectivity index (χ0) is 18.3. The molecule has 1 aliphatic rings. The SMILES string of the molecule is Cc1nc2c(C(=O)N3CCCn4nc([C@H](O)CO)cc4C3)cccc2[nH]1. The second kappa shape index (κ2) is 6.54. The number of hydrogen-bond donors (Lipinski definition) is 3. The van der Waals surface area contributed by atoms with Crippen LogP contribution in [0, 0.1) is 6.92 Å². The molecule has 0 saturated heterocycles. The van der Waals surface area contributed by atoms with Gasteiger partial charge in [0.15, 0.2) is 0 Å². The third kappa shape index (κ3) is 2.87. The summed E-state index contributed by atoms with van der Waals surface area (Å²) in [4.78, 5) is 22.5. The summed E-state index contributed by atoms with van der Waals surface area (Å²) in [7, 11) is 0. The van der Waals surface area contributed by atoms with Crippen molar-refractivity contribution >= 4 is 16.9 Å². The number of imidazole rings is 1. The average molecular weight is 355 g/mol. The van der Waals surface area contributed by atoms with Crippen LogP contribution in [0.1, 0.15) is 40.1 Å². The van der Waals surface area contributed by atoms with Crippen LogP contribution in [-0.4, -0.2) is 53.9 Å². The van der Waals surface area contributed by atoms with E-state index < -0.39 is 6.10 Å². The van der Waals surface area contributed by atoms with Crippen molar-refractivity contribution in [3.63, 3.8) is 0 Å². The first kappa shape index (κ1) is 16.7. The van der Waals surface area contributed by atoms with E-state index in [4.69, 9.17) is 5.11 Å². The molecule has 1 aliphatic heterocycles. The molecular weight excluding hydrogens is 334 g/mol. The number of fused-ring (bicyclic) bond motifs is 2. The molecule has 0 unspecified atom stereocenters. The molecule has 0 bridgehead atoms. The van der Waals surface area contributed by atoms with Gasteiger partial charge < -0.3 is 20.1 Å². The molecule has 0 radical (unpaired) electrons. The monoisotopic (exact) mass is 355 g/mol. The van der Waals surface area contributed by atoms with E-state index in [0.717, 1.165) is 23.5 Å². The van der Waals surface area contributed by atoms with Gasteiger partial charge >= 0.3 is 0 Å². The summed E-state index contributed by atoms with van der Waals surface area (Å²) in [5, 5.41) is 23.3. The fraction of sp³-hybridized carbons (Fsp3) is 0.389. The maximum absolute atomic E-state index is 13.1. The maximum atomic E-state index is 13.1. The number of nitrogens with zero attached hydrogens (tertiary/aromatic N) is 4. The molecule has 3 N–H and O–H groups in total. The number of aromatic nitrogens is 4. The molecule has 26 heavy (non-hydrogen) atoms. The van der Waals surface area contributed by atoms with Crippen molar-refractivity contribution in [2.24, 2.45) is 0 Å². The van der Waals surface area contributed by atoms with E-state index in [9.17, 15) is 9.90 Å². The van der Waals surface area contributed by atoms with Gasteiger partial charge in [0.1, 0.15) is 17.4 Å². The predicted octanol–water partition coefficient (Wildman–Crippen LogP) is 1.14. The third-order valence-electron chi connectivity index (χ3n) is 4.70. The molecule has 0 saturated carbocycles. The van der Waals surface area contributed by atoms with Gasteiger partial charge in [-0.3, -0.25) is 9.48 Å². The van der Waals surface area contributed by atoms with Gasteiger partial charge in [0, 0.05) is 13.1 Å². The van der Waals surface area contributed by atoms with E-state index in [1.807, 2.05) is 19.1 Å². The van der Waals surface area contributed by atoms with Gasteiger partial charge in [-0.25, -0.2) is 4.98 Å². The highest BCUT2D eigenvalue weighted by atomic mass is 16.3. The lowest BCUT2D eigenvalue weighted by atomic mass is 10.1. The maximum Gasteiger partial charge on any atom is 0.256 e. The average Bonchev–Trinajstić information content (AvgIpc) is 3.16. The highest BCUT2D eigenvalue weighted by molar-refractivity contribution is 6.04. The summed E-state index contributed by atoms with van der Waals surface area (Å²) in [6.45, 7) is 3.19. The number of benzene rings is 1. The summed E-state index contributed by atoms with van der Waals surface area (Å²) in [6, 6.07) is 7.32. The van der Waals surface area contributed by atoms with Crippen molar-refractivity contribution in [2.45, 2.75) is 32.5 Å². The lowest BCUT2D eigenvalue weighted by Gasteiger charge is -2.20. The first-order valence-corrected chi connectivity index (χ1v) is 8.67. The lowest BCUT2D eigenvalue weighted by molar-refractivity contribution is 0.0747. The van der Waals surface area contributed by atoms with Gasteiger partial charge in [0.25, 0.3) is 5.91 Å². The lowest BCUT2D eigenvalue weighted by Crippen LogP contribution is -2.30. The zero-order valence-electron chi connectivity index (χ0n) is 14.5. The molecule has 8 heteroatoms. The number of carbonyl (C=O) groups excluding carboxylic acids is 1. The van der Waals surface area contributed by atoms with E-state index in [1.165, 1.54) is 0 Å². The van der Waals surface area contributed by atoms with Gasteiger partial charge in [-0.15, -0.1) is 0 Å². The van der Waals surface area contributed by atoms with Gasteiger partial charge in [-0.2, -0.15) is 5.10 Å². The van der Waals surface area contributed by atoms with Crippen molar-refractivity contribution in [3.8, 4) is 0 Å². The van der Waals surface area contributed by atoms with Crippen LogP contribution in [-0.2, 0) is 13.1 Å². The Hall–Kier alpha value is -2.71. The number of aromatic amines is 1. The van der Waals surface area contributed by atoms with E-state index >= 15 is 0 Å². The molecule has 1 amide bonds. The van der Waals surface area contributed by atoms with Crippen LogP contribution < -0.4 is 0 Å². The number of para-hydroxylation sites is 1. The Balaban J connectivity index is 1.65. The van der Waals surface area contributed by atoms with Gasteiger partial charge in [0.05, 0.1) is 35.6 Å². The smallest absolute Gasteiger partial charge is 0.256 e. The molecule has 4 rings (SSSR count). The first-order valence-electron chi connectivity index (χ1n) is 8.67. The molecule has 2 aromatic heterocycles. The van der Waals surface area contributed by atoms with Crippen LogP contribution in [0.15, 0.2) is 24.3 Å². The van der Waals surface area contributed by atoms with Crippen molar-refractivity contribution in [2.75, 3.05) is 13.2 Å². The van der Waals surface area contributed by atoms with Crippen molar-refractivity contribution in [3.05, 3.63) is 47.0 Å². The van der Waals surface area contributed by atoms with Gasteiger partial charge in [-0.1, -0.05) is 6.07 Å². The van der Waals surface area contributed by atoms with Gasteiger partial charge in [-0.05, 0) is 31.5 Å². The molecule has 0 spiro atoms. The molecule has 0 fully saturated rings. The summed E-state index contributed by atoms with van der Waals surface area (Å²) < 4.78 is 1.81. The summed E-state index contributed by atoms with van der Waals surface area (Å²) >= 11 is 0. The number of H-pyrrole nitrogens is 1. The van der Waals surface area contributed by atoms with Crippen LogP contribution in [0.4, 0.5) is 0 Å². The van der Waals surface area contributed by atoms with E-state index in [-0.39, 0.29) is 12.5 Å². The standard InChI is InChI=1S/C18H21N5O3/c1-11-19-14-5-2-4-13(17(14)20-11)18(26)22-6-3-7-23-12(9-22)8-15(21-23)16(25)10-24/h2,4-5,8,16,24-25H,3,6-7,9-10H2,1H3,(H,19,20)/t16-/m1/s1. The Morgan fingerprint density at radius 2 is 2.23 bits per heavy atom. The fourth-order valence-corrected chi connectivity index (χ4v) is 3.41. The topological polar surface area (TPSA) is 107 Å². The Kier molecular flexibility index (Phi) is 4.21.